The molecule has 1 rings (SSSR count). The second kappa shape index (κ2) is 6.43. The van der Waals surface area contributed by atoms with Gasteiger partial charge in [0, 0.05) is 15.6 Å². The third kappa shape index (κ3) is 3.94. The molecule has 0 aromatic carbocycles. The smallest absolute Gasteiger partial charge is 0.154 e. The molecular weight excluding hydrogens is 370 g/mol. The molecule has 1 heterocycles. The molecule has 0 radical (unpaired) electrons. The number of halogens is 2. The van der Waals surface area contributed by atoms with E-state index in [0.717, 1.165) is 22.3 Å². The summed E-state index contributed by atoms with van der Waals surface area (Å²) < 4.78 is 24.6. The zero-order valence-corrected chi connectivity index (χ0v) is 15.4. The van der Waals surface area contributed by atoms with Gasteiger partial charge in [0.25, 0.3) is 0 Å². The molecular formula is C12H19BrClNO2S2. The predicted molar refractivity (Wildman–Crippen MR) is 87.0 cm³/mol. The highest BCUT2D eigenvalue weighted by Gasteiger charge is 2.40. The first-order chi connectivity index (χ1) is 8.61. The van der Waals surface area contributed by atoms with E-state index in [9.17, 15) is 8.42 Å². The van der Waals surface area contributed by atoms with E-state index >= 15 is 0 Å². The van der Waals surface area contributed by atoms with Crippen molar-refractivity contribution in [1.29, 1.82) is 0 Å². The van der Waals surface area contributed by atoms with Crippen LogP contribution in [0.1, 0.15) is 38.1 Å². The van der Waals surface area contributed by atoms with Crippen molar-refractivity contribution < 1.29 is 8.42 Å². The maximum atomic E-state index is 12.0. The molecule has 0 aliphatic rings. The zero-order chi connectivity index (χ0) is 14.8. The summed E-state index contributed by atoms with van der Waals surface area (Å²) in [5.41, 5.74) is 0. The van der Waals surface area contributed by atoms with Crippen LogP contribution in [0.2, 0.25) is 4.34 Å². The largest absolute Gasteiger partial charge is 0.308 e. The SMILES string of the molecule is CCCNC(c1cc(Br)c(Cl)s1)C(C)(C)S(C)(=O)=O. The molecule has 7 heteroatoms. The van der Waals surface area contributed by atoms with Gasteiger partial charge in [-0.1, -0.05) is 18.5 Å². The third-order valence-corrected chi connectivity index (χ3v) is 7.88. The molecule has 0 fully saturated rings. The number of thiophene rings is 1. The summed E-state index contributed by atoms with van der Waals surface area (Å²) in [6.07, 6.45) is 2.22. The zero-order valence-electron chi connectivity index (χ0n) is 11.5. The van der Waals surface area contributed by atoms with Crippen LogP contribution >= 0.6 is 38.9 Å². The number of nitrogens with one attached hydrogen (secondary N) is 1. The number of sulfone groups is 1. The van der Waals surface area contributed by atoms with Gasteiger partial charge in [-0.15, -0.1) is 11.3 Å². The summed E-state index contributed by atoms with van der Waals surface area (Å²) >= 11 is 10.8. The lowest BCUT2D eigenvalue weighted by Crippen LogP contribution is -2.44. The van der Waals surface area contributed by atoms with E-state index in [-0.39, 0.29) is 6.04 Å². The lowest BCUT2D eigenvalue weighted by atomic mass is 10.0. The van der Waals surface area contributed by atoms with E-state index in [4.69, 9.17) is 11.6 Å². The molecule has 0 spiro atoms. The van der Waals surface area contributed by atoms with Gasteiger partial charge in [0.15, 0.2) is 9.84 Å². The van der Waals surface area contributed by atoms with Gasteiger partial charge in [-0.25, -0.2) is 8.42 Å². The molecule has 3 nitrogen and oxygen atoms in total. The fraction of sp³-hybridized carbons (Fsp3) is 0.667. The lowest BCUT2D eigenvalue weighted by molar-refractivity contribution is 0.425. The third-order valence-electron chi connectivity index (χ3n) is 3.20. The van der Waals surface area contributed by atoms with Gasteiger partial charge in [-0.05, 0) is 48.8 Å². The molecule has 0 amide bonds. The normalized spacial score (nSPS) is 14.6. The van der Waals surface area contributed by atoms with E-state index in [1.807, 2.05) is 6.07 Å². The van der Waals surface area contributed by atoms with Gasteiger partial charge in [-0.2, -0.15) is 0 Å². The van der Waals surface area contributed by atoms with Gasteiger partial charge in [0.05, 0.1) is 10.8 Å². The van der Waals surface area contributed by atoms with Crippen molar-refractivity contribution >= 4 is 48.7 Å². The molecule has 1 unspecified atom stereocenters. The van der Waals surface area contributed by atoms with Crippen LogP contribution in [0, 0.1) is 0 Å². The molecule has 1 N–H and O–H groups in total. The first-order valence-corrected chi connectivity index (χ1v) is 9.86. The highest BCUT2D eigenvalue weighted by atomic mass is 79.9. The number of hydrogen-bond donors (Lipinski definition) is 1. The van der Waals surface area contributed by atoms with Gasteiger partial charge < -0.3 is 5.32 Å². The summed E-state index contributed by atoms with van der Waals surface area (Å²) in [5.74, 6) is 0. The van der Waals surface area contributed by atoms with Crippen LogP contribution in [-0.2, 0) is 9.84 Å². The van der Waals surface area contributed by atoms with Crippen LogP contribution < -0.4 is 5.32 Å². The van der Waals surface area contributed by atoms with Crippen LogP contribution in [0.4, 0.5) is 0 Å². The average Bonchev–Trinajstić information content (AvgIpc) is 2.57. The molecule has 1 aromatic heterocycles. The van der Waals surface area contributed by atoms with Gasteiger partial charge >= 0.3 is 0 Å². The molecule has 0 bridgehead atoms. The number of rotatable bonds is 6. The Bertz CT molecular complexity index is 520. The van der Waals surface area contributed by atoms with Crippen LogP contribution in [0.15, 0.2) is 10.5 Å². The minimum absolute atomic E-state index is 0.267. The van der Waals surface area contributed by atoms with E-state index < -0.39 is 14.6 Å². The summed E-state index contributed by atoms with van der Waals surface area (Å²) in [6, 6.07) is 1.63. The standard InChI is InChI=1S/C12H19BrClNO2S2/c1-5-6-15-10(12(2,3)19(4,16)17)9-7-8(13)11(14)18-9/h7,10,15H,5-6H2,1-4H3. The second-order valence-corrected chi connectivity index (χ2v) is 10.2. The molecule has 19 heavy (non-hydrogen) atoms. The summed E-state index contributed by atoms with van der Waals surface area (Å²) in [5, 5.41) is 3.32. The maximum Gasteiger partial charge on any atom is 0.154 e. The number of hydrogen-bond acceptors (Lipinski definition) is 4. The van der Waals surface area contributed by atoms with Crippen molar-refractivity contribution in [2.45, 2.75) is 38.0 Å². The van der Waals surface area contributed by atoms with E-state index in [0.29, 0.717) is 4.34 Å². The summed E-state index contributed by atoms with van der Waals surface area (Å²) in [6.45, 7) is 6.31. The Balaban J connectivity index is 3.22. The van der Waals surface area contributed by atoms with Gasteiger partial charge in [0.1, 0.15) is 4.34 Å². The highest BCUT2D eigenvalue weighted by Crippen LogP contribution is 2.40. The van der Waals surface area contributed by atoms with Gasteiger partial charge in [-0.3, -0.25) is 0 Å². The van der Waals surface area contributed by atoms with Gasteiger partial charge in [0.2, 0.25) is 0 Å². The first-order valence-electron chi connectivity index (χ1n) is 5.99. The van der Waals surface area contributed by atoms with E-state index in [1.54, 1.807) is 13.8 Å². The van der Waals surface area contributed by atoms with Crippen molar-refractivity contribution in [3.8, 4) is 0 Å². The Morgan fingerprint density at radius 1 is 1.53 bits per heavy atom. The Morgan fingerprint density at radius 2 is 2.11 bits per heavy atom. The Kier molecular flexibility index (Phi) is 5.90. The van der Waals surface area contributed by atoms with Crippen molar-refractivity contribution in [1.82, 2.24) is 5.32 Å². The first kappa shape index (κ1) is 17.4. The fourth-order valence-corrected chi connectivity index (χ4v) is 4.41. The van der Waals surface area contributed by atoms with Crippen molar-refractivity contribution in [2.75, 3.05) is 12.8 Å². The van der Waals surface area contributed by atoms with Crippen LogP contribution in [-0.4, -0.2) is 26.0 Å². The molecule has 0 saturated heterocycles. The predicted octanol–water partition coefficient (Wildman–Crippen LogP) is 4.03. The topological polar surface area (TPSA) is 46.2 Å². The molecule has 0 saturated carbocycles. The van der Waals surface area contributed by atoms with Crippen LogP contribution in [0.5, 0.6) is 0 Å². The molecule has 0 aliphatic carbocycles. The van der Waals surface area contributed by atoms with Crippen LogP contribution in [0.3, 0.4) is 0 Å². The average molecular weight is 389 g/mol. The minimum atomic E-state index is -3.20. The van der Waals surface area contributed by atoms with Crippen molar-refractivity contribution in [2.24, 2.45) is 0 Å². The monoisotopic (exact) mass is 387 g/mol. The minimum Gasteiger partial charge on any atom is -0.308 e. The maximum absolute atomic E-state index is 12.0. The van der Waals surface area contributed by atoms with Crippen LogP contribution in [0.25, 0.3) is 0 Å². The Hall–Kier alpha value is 0.380. The van der Waals surface area contributed by atoms with E-state index in [1.165, 1.54) is 17.6 Å². The quantitative estimate of drug-likeness (QED) is 0.800. The second-order valence-electron chi connectivity index (χ2n) is 5.03. The van der Waals surface area contributed by atoms with Crippen molar-refractivity contribution in [3.05, 3.63) is 19.8 Å². The lowest BCUT2D eigenvalue weighted by Gasteiger charge is -2.32. The molecule has 1 aromatic rings. The van der Waals surface area contributed by atoms with E-state index in [2.05, 4.69) is 28.2 Å². The molecule has 1 atom stereocenters. The highest BCUT2D eigenvalue weighted by molar-refractivity contribution is 9.10. The Labute approximate surface area is 132 Å². The molecule has 110 valence electrons. The molecule has 0 aliphatic heterocycles. The summed E-state index contributed by atoms with van der Waals surface area (Å²) in [4.78, 5) is 0.931. The van der Waals surface area contributed by atoms with Crippen molar-refractivity contribution in [3.63, 3.8) is 0 Å². The fourth-order valence-electron chi connectivity index (χ4n) is 1.70. The summed E-state index contributed by atoms with van der Waals surface area (Å²) in [7, 11) is -3.20. The Morgan fingerprint density at radius 3 is 2.47 bits per heavy atom.